The quantitative estimate of drug-likeness (QED) is 0.199. The summed E-state index contributed by atoms with van der Waals surface area (Å²) in [5.41, 5.74) is 7.81. The Morgan fingerprint density at radius 3 is 2.44 bits per heavy atom. The lowest BCUT2D eigenvalue weighted by Gasteiger charge is -2.00. The lowest BCUT2D eigenvalue weighted by atomic mass is 10.4. The standard InChI is InChI=1S/C5H16N4/c6-2-5-8-3-1-4-9-7/h8-9H,1-7H2. The molecule has 0 saturated heterocycles. The second-order valence-electron chi connectivity index (χ2n) is 1.85. The molecule has 6 N–H and O–H groups in total. The summed E-state index contributed by atoms with van der Waals surface area (Å²) in [5, 5.41) is 3.15. The molecule has 0 unspecified atom stereocenters. The third-order valence-corrected chi connectivity index (χ3v) is 0.996. The fourth-order valence-corrected chi connectivity index (χ4v) is 0.543. The second kappa shape index (κ2) is 7.84. The number of hydrazine groups is 1. The number of hydrogen-bond donors (Lipinski definition) is 4. The zero-order chi connectivity index (χ0) is 6.95. The zero-order valence-corrected chi connectivity index (χ0v) is 5.69. The van der Waals surface area contributed by atoms with Crippen LogP contribution >= 0.6 is 0 Å². The van der Waals surface area contributed by atoms with Crippen molar-refractivity contribution in [3.8, 4) is 0 Å². The first-order chi connectivity index (χ1) is 4.41. The van der Waals surface area contributed by atoms with Crippen molar-refractivity contribution in [2.24, 2.45) is 11.6 Å². The minimum atomic E-state index is 0.704. The minimum absolute atomic E-state index is 0.704. The average molecular weight is 132 g/mol. The van der Waals surface area contributed by atoms with E-state index in [9.17, 15) is 0 Å². The van der Waals surface area contributed by atoms with Crippen molar-refractivity contribution in [3.05, 3.63) is 0 Å². The molecule has 4 heteroatoms. The number of rotatable bonds is 6. The second-order valence-corrected chi connectivity index (χ2v) is 1.85. The largest absolute Gasteiger partial charge is 0.329 e. The minimum Gasteiger partial charge on any atom is -0.329 e. The summed E-state index contributed by atoms with van der Waals surface area (Å²) in [6.07, 6.45) is 1.05. The molecule has 0 saturated carbocycles. The Morgan fingerprint density at radius 2 is 1.89 bits per heavy atom. The van der Waals surface area contributed by atoms with Crippen LogP contribution in [0.25, 0.3) is 0 Å². The molecular weight excluding hydrogens is 116 g/mol. The van der Waals surface area contributed by atoms with Gasteiger partial charge >= 0.3 is 0 Å². The molecule has 4 nitrogen and oxygen atoms in total. The number of nitrogens with one attached hydrogen (secondary N) is 2. The average Bonchev–Trinajstić information content (AvgIpc) is 1.89. The van der Waals surface area contributed by atoms with Crippen molar-refractivity contribution >= 4 is 0 Å². The molecule has 0 heterocycles. The molecule has 0 amide bonds. The maximum Gasteiger partial charge on any atom is 0.0109 e. The Balaban J connectivity index is 2.60. The molecule has 0 radical (unpaired) electrons. The molecule has 9 heavy (non-hydrogen) atoms. The Labute approximate surface area is 55.9 Å². The molecule has 56 valence electrons. The maximum absolute atomic E-state index is 5.24. The lowest BCUT2D eigenvalue weighted by molar-refractivity contribution is 0.612. The first-order valence-corrected chi connectivity index (χ1v) is 3.26. The van der Waals surface area contributed by atoms with E-state index >= 15 is 0 Å². The van der Waals surface area contributed by atoms with Gasteiger partial charge in [-0.3, -0.25) is 11.3 Å². The predicted octanol–water partition coefficient (Wildman–Crippen LogP) is -1.61. The van der Waals surface area contributed by atoms with Crippen LogP contribution in [0.4, 0.5) is 0 Å². The first-order valence-electron chi connectivity index (χ1n) is 3.26. The van der Waals surface area contributed by atoms with Crippen molar-refractivity contribution in [3.63, 3.8) is 0 Å². The van der Waals surface area contributed by atoms with Gasteiger partial charge in [0.25, 0.3) is 0 Å². The molecule has 0 aromatic heterocycles. The Bertz CT molecular complexity index is 42.2. The van der Waals surface area contributed by atoms with E-state index in [-0.39, 0.29) is 0 Å². The van der Waals surface area contributed by atoms with E-state index in [2.05, 4.69) is 10.7 Å². The van der Waals surface area contributed by atoms with Crippen LogP contribution < -0.4 is 22.3 Å². The highest BCUT2D eigenvalue weighted by molar-refractivity contribution is 4.48. The van der Waals surface area contributed by atoms with Crippen LogP contribution in [0.5, 0.6) is 0 Å². The van der Waals surface area contributed by atoms with Crippen molar-refractivity contribution in [2.45, 2.75) is 6.42 Å². The van der Waals surface area contributed by atoms with E-state index in [1.54, 1.807) is 0 Å². The van der Waals surface area contributed by atoms with Crippen LogP contribution in [-0.2, 0) is 0 Å². The highest BCUT2D eigenvalue weighted by Crippen LogP contribution is 1.68. The van der Waals surface area contributed by atoms with Crippen molar-refractivity contribution in [2.75, 3.05) is 26.2 Å². The Kier molecular flexibility index (Phi) is 7.70. The van der Waals surface area contributed by atoms with E-state index in [4.69, 9.17) is 11.6 Å². The lowest BCUT2D eigenvalue weighted by Crippen LogP contribution is -2.28. The van der Waals surface area contributed by atoms with Crippen LogP contribution in [0.1, 0.15) is 6.42 Å². The van der Waals surface area contributed by atoms with Gasteiger partial charge in [0.15, 0.2) is 0 Å². The summed E-state index contributed by atoms with van der Waals surface area (Å²) in [6.45, 7) is 3.44. The van der Waals surface area contributed by atoms with Crippen molar-refractivity contribution < 1.29 is 0 Å². The SMILES string of the molecule is NCCNCCCNN. The van der Waals surface area contributed by atoms with Crippen molar-refractivity contribution in [1.82, 2.24) is 10.7 Å². The molecule has 0 rings (SSSR count). The van der Waals surface area contributed by atoms with Crippen LogP contribution in [-0.4, -0.2) is 26.2 Å². The van der Waals surface area contributed by atoms with Crippen LogP contribution in [0.2, 0.25) is 0 Å². The predicted molar refractivity (Wildman–Crippen MR) is 38.7 cm³/mol. The molecule has 0 bridgehead atoms. The summed E-state index contributed by atoms with van der Waals surface area (Å²) < 4.78 is 0. The summed E-state index contributed by atoms with van der Waals surface area (Å²) in [6, 6.07) is 0. The fourth-order valence-electron chi connectivity index (χ4n) is 0.543. The molecule has 0 aromatic carbocycles. The molecule has 0 atom stereocenters. The summed E-state index contributed by atoms with van der Waals surface area (Å²) >= 11 is 0. The highest BCUT2D eigenvalue weighted by Gasteiger charge is 1.83. The summed E-state index contributed by atoms with van der Waals surface area (Å²) in [7, 11) is 0. The normalized spacial score (nSPS) is 10.0. The van der Waals surface area contributed by atoms with Gasteiger partial charge in [0.1, 0.15) is 0 Å². The van der Waals surface area contributed by atoms with E-state index in [0.29, 0.717) is 6.54 Å². The van der Waals surface area contributed by atoms with Gasteiger partial charge in [-0.1, -0.05) is 0 Å². The van der Waals surface area contributed by atoms with Crippen LogP contribution in [0.3, 0.4) is 0 Å². The summed E-state index contributed by atoms with van der Waals surface area (Å²) in [4.78, 5) is 0. The zero-order valence-electron chi connectivity index (χ0n) is 5.69. The Morgan fingerprint density at radius 1 is 1.11 bits per heavy atom. The van der Waals surface area contributed by atoms with Gasteiger partial charge in [-0.2, -0.15) is 0 Å². The van der Waals surface area contributed by atoms with Gasteiger partial charge in [0.05, 0.1) is 0 Å². The molecule has 0 fully saturated rings. The van der Waals surface area contributed by atoms with Crippen molar-refractivity contribution in [1.29, 1.82) is 0 Å². The van der Waals surface area contributed by atoms with Gasteiger partial charge < -0.3 is 11.1 Å². The molecule has 0 aliphatic heterocycles. The Hall–Kier alpha value is -0.160. The molecule has 0 spiro atoms. The third kappa shape index (κ3) is 7.84. The van der Waals surface area contributed by atoms with Gasteiger partial charge in [0.2, 0.25) is 0 Å². The fraction of sp³-hybridized carbons (Fsp3) is 1.00. The van der Waals surface area contributed by atoms with E-state index in [1.807, 2.05) is 0 Å². The molecule has 0 aliphatic rings. The number of hydrogen-bond acceptors (Lipinski definition) is 4. The summed E-state index contributed by atoms with van der Waals surface area (Å²) in [5.74, 6) is 5.04. The van der Waals surface area contributed by atoms with Gasteiger partial charge in [-0.25, -0.2) is 0 Å². The maximum atomic E-state index is 5.24. The van der Waals surface area contributed by atoms with Crippen LogP contribution in [0, 0.1) is 0 Å². The topological polar surface area (TPSA) is 76.1 Å². The van der Waals surface area contributed by atoms with Crippen LogP contribution in [0.15, 0.2) is 0 Å². The molecular formula is C5H16N4. The van der Waals surface area contributed by atoms with Gasteiger partial charge in [-0.15, -0.1) is 0 Å². The number of nitrogens with two attached hydrogens (primary N) is 2. The van der Waals surface area contributed by atoms with E-state index in [1.165, 1.54) is 0 Å². The molecule has 0 aliphatic carbocycles. The van der Waals surface area contributed by atoms with E-state index < -0.39 is 0 Å². The van der Waals surface area contributed by atoms with Gasteiger partial charge in [-0.05, 0) is 13.0 Å². The smallest absolute Gasteiger partial charge is 0.0109 e. The third-order valence-electron chi connectivity index (χ3n) is 0.996. The van der Waals surface area contributed by atoms with Gasteiger partial charge in [0, 0.05) is 19.6 Å². The molecule has 0 aromatic rings. The highest BCUT2D eigenvalue weighted by atomic mass is 15.2. The monoisotopic (exact) mass is 132 g/mol. The van der Waals surface area contributed by atoms with E-state index in [0.717, 1.165) is 26.1 Å². The first kappa shape index (κ1) is 8.84.